The van der Waals surface area contributed by atoms with Gasteiger partial charge in [0.05, 0.1) is 6.10 Å². The van der Waals surface area contributed by atoms with Crippen LogP contribution in [0.3, 0.4) is 0 Å². The van der Waals surface area contributed by atoms with Crippen molar-refractivity contribution >= 4 is 0 Å². The molecule has 1 aliphatic heterocycles. The molecule has 1 aromatic carbocycles. The Balaban J connectivity index is 1.95. The van der Waals surface area contributed by atoms with Gasteiger partial charge in [-0.25, -0.2) is 0 Å². The monoisotopic (exact) mass is 275 g/mol. The molecular formula is C13H16F3NO2. The number of halogens is 3. The van der Waals surface area contributed by atoms with Crippen LogP contribution in [0.1, 0.15) is 18.4 Å². The van der Waals surface area contributed by atoms with E-state index in [1.54, 1.807) is 12.1 Å². The second-order valence-electron chi connectivity index (χ2n) is 4.70. The Bertz CT molecular complexity index is 415. The van der Waals surface area contributed by atoms with Crippen molar-refractivity contribution < 1.29 is 23.0 Å². The number of hydrogen-bond donors (Lipinski definition) is 1. The lowest BCUT2D eigenvalue weighted by molar-refractivity contribution is -0.274. The summed E-state index contributed by atoms with van der Waals surface area (Å²) in [6, 6.07) is 6.01. The van der Waals surface area contributed by atoms with Gasteiger partial charge in [-0.05, 0) is 30.5 Å². The summed E-state index contributed by atoms with van der Waals surface area (Å²) in [5.41, 5.74) is 0.776. The van der Waals surface area contributed by atoms with Crippen LogP contribution in [0.2, 0.25) is 0 Å². The van der Waals surface area contributed by atoms with Crippen LogP contribution in [0.25, 0.3) is 0 Å². The summed E-state index contributed by atoms with van der Waals surface area (Å²) in [5.74, 6) is -0.193. The zero-order valence-electron chi connectivity index (χ0n) is 10.4. The van der Waals surface area contributed by atoms with Crippen molar-refractivity contribution in [3.05, 3.63) is 29.8 Å². The maximum atomic E-state index is 12.1. The maximum Gasteiger partial charge on any atom is 0.573 e. The van der Waals surface area contributed by atoms with E-state index in [2.05, 4.69) is 9.64 Å². The van der Waals surface area contributed by atoms with Gasteiger partial charge in [0.25, 0.3) is 0 Å². The van der Waals surface area contributed by atoms with Crippen molar-refractivity contribution in [2.75, 3.05) is 13.1 Å². The molecule has 1 aromatic rings. The lowest BCUT2D eigenvalue weighted by atomic mass is 10.1. The minimum absolute atomic E-state index is 0.193. The lowest BCUT2D eigenvalue weighted by Gasteiger charge is -2.29. The van der Waals surface area contributed by atoms with Gasteiger partial charge in [-0.1, -0.05) is 12.1 Å². The van der Waals surface area contributed by atoms with Gasteiger partial charge in [0.2, 0.25) is 0 Å². The number of piperidine rings is 1. The van der Waals surface area contributed by atoms with Crippen LogP contribution in [-0.2, 0) is 6.54 Å². The van der Waals surface area contributed by atoms with Crippen molar-refractivity contribution in [2.45, 2.75) is 31.9 Å². The van der Waals surface area contributed by atoms with Crippen LogP contribution in [0.15, 0.2) is 24.3 Å². The van der Waals surface area contributed by atoms with E-state index in [0.717, 1.165) is 18.7 Å². The van der Waals surface area contributed by atoms with Crippen LogP contribution < -0.4 is 4.74 Å². The first-order valence-electron chi connectivity index (χ1n) is 6.17. The summed E-state index contributed by atoms with van der Waals surface area (Å²) >= 11 is 0. The van der Waals surface area contributed by atoms with Crippen molar-refractivity contribution in [2.24, 2.45) is 0 Å². The van der Waals surface area contributed by atoms with Crippen molar-refractivity contribution in [1.82, 2.24) is 4.90 Å². The minimum atomic E-state index is -4.66. The normalized spacial score (nSPS) is 18.5. The fourth-order valence-corrected chi connectivity index (χ4v) is 2.18. The second-order valence-corrected chi connectivity index (χ2v) is 4.70. The van der Waals surface area contributed by atoms with Gasteiger partial charge in [0, 0.05) is 19.6 Å². The molecular weight excluding hydrogens is 259 g/mol. The summed E-state index contributed by atoms with van der Waals surface area (Å²) in [6.07, 6.45) is -3.50. The summed E-state index contributed by atoms with van der Waals surface area (Å²) in [4.78, 5) is 2.11. The predicted molar refractivity (Wildman–Crippen MR) is 63.6 cm³/mol. The molecule has 0 aliphatic carbocycles. The number of likely N-dealkylation sites (tertiary alicyclic amines) is 1. The highest BCUT2D eigenvalue weighted by Crippen LogP contribution is 2.24. The third-order valence-corrected chi connectivity index (χ3v) is 3.10. The largest absolute Gasteiger partial charge is 0.573 e. The summed E-state index contributed by atoms with van der Waals surface area (Å²) in [5, 5.41) is 9.39. The van der Waals surface area contributed by atoms with Gasteiger partial charge in [-0.3, -0.25) is 4.90 Å². The van der Waals surface area contributed by atoms with Gasteiger partial charge in [0.1, 0.15) is 5.75 Å². The van der Waals surface area contributed by atoms with Gasteiger partial charge < -0.3 is 9.84 Å². The van der Waals surface area contributed by atoms with Gasteiger partial charge >= 0.3 is 6.36 Å². The predicted octanol–water partition coefficient (Wildman–Crippen LogP) is 2.54. The number of aliphatic hydroxyl groups excluding tert-OH is 1. The Hall–Kier alpha value is -1.27. The van der Waals surface area contributed by atoms with Crippen LogP contribution in [0.5, 0.6) is 5.75 Å². The molecule has 106 valence electrons. The quantitative estimate of drug-likeness (QED) is 0.920. The molecule has 1 saturated heterocycles. The number of alkyl halides is 3. The fourth-order valence-electron chi connectivity index (χ4n) is 2.18. The topological polar surface area (TPSA) is 32.7 Å². The van der Waals surface area contributed by atoms with Crippen LogP contribution in [0, 0.1) is 0 Å². The van der Waals surface area contributed by atoms with E-state index < -0.39 is 6.36 Å². The maximum absolute atomic E-state index is 12.1. The SMILES string of the molecule is OC1CCN(Cc2cccc(OC(F)(F)F)c2)CC1. The van der Waals surface area contributed by atoms with Crippen LogP contribution >= 0.6 is 0 Å². The highest BCUT2D eigenvalue weighted by Gasteiger charge is 2.31. The number of benzene rings is 1. The fraction of sp³-hybridized carbons (Fsp3) is 0.538. The average Bonchev–Trinajstić information content (AvgIpc) is 2.30. The molecule has 0 radical (unpaired) electrons. The summed E-state index contributed by atoms with van der Waals surface area (Å²) < 4.78 is 40.2. The Morgan fingerprint density at radius 2 is 1.95 bits per heavy atom. The van der Waals surface area contributed by atoms with Gasteiger partial charge in [-0.15, -0.1) is 13.2 Å². The molecule has 0 bridgehead atoms. The van der Waals surface area contributed by atoms with E-state index in [-0.39, 0.29) is 11.9 Å². The molecule has 0 amide bonds. The van der Waals surface area contributed by atoms with Gasteiger partial charge in [-0.2, -0.15) is 0 Å². The molecule has 2 rings (SSSR count). The number of aliphatic hydroxyl groups is 1. The molecule has 0 unspecified atom stereocenters. The Labute approximate surface area is 109 Å². The molecule has 0 aromatic heterocycles. The van der Waals surface area contributed by atoms with E-state index in [4.69, 9.17) is 0 Å². The molecule has 0 saturated carbocycles. The molecule has 19 heavy (non-hydrogen) atoms. The van der Waals surface area contributed by atoms with Gasteiger partial charge in [0.15, 0.2) is 0 Å². The second kappa shape index (κ2) is 5.79. The standard InChI is InChI=1S/C13H16F3NO2/c14-13(15,16)19-12-3-1-2-10(8-12)9-17-6-4-11(18)5-7-17/h1-3,8,11,18H,4-7,9H2. The summed E-state index contributed by atoms with van der Waals surface area (Å²) in [6.45, 7) is 2.08. The highest BCUT2D eigenvalue weighted by atomic mass is 19.4. The highest BCUT2D eigenvalue weighted by molar-refractivity contribution is 5.28. The average molecular weight is 275 g/mol. The number of rotatable bonds is 3. The first-order chi connectivity index (χ1) is 8.92. The molecule has 6 heteroatoms. The molecule has 1 aliphatic rings. The third kappa shape index (κ3) is 4.72. The van der Waals surface area contributed by atoms with Crippen molar-refractivity contribution in [3.8, 4) is 5.75 Å². The van der Waals surface area contributed by atoms with E-state index in [1.807, 2.05) is 0 Å². The minimum Gasteiger partial charge on any atom is -0.406 e. The van der Waals surface area contributed by atoms with Crippen LogP contribution in [0.4, 0.5) is 13.2 Å². The third-order valence-electron chi connectivity index (χ3n) is 3.10. The number of nitrogens with zero attached hydrogens (tertiary/aromatic N) is 1. The first-order valence-corrected chi connectivity index (χ1v) is 6.17. The molecule has 0 spiro atoms. The number of hydrogen-bond acceptors (Lipinski definition) is 3. The van der Waals surface area contributed by atoms with Crippen molar-refractivity contribution in [1.29, 1.82) is 0 Å². The smallest absolute Gasteiger partial charge is 0.406 e. The molecule has 1 N–H and O–H groups in total. The summed E-state index contributed by atoms with van der Waals surface area (Å²) in [7, 11) is 0. The Morgan fingerprint density at radius 1 is 1.26 bits per heavy atom. The zero-order chi connectivity index (χ0) is 13.9. The first kappa shape index (κ1) is 14.1. The zero-order valence-corrected chi connectivity index (χ0v) is 10.4. The molecule has 1 fully saturated rings. The molecule has 3 nitrogen and oxygen atoms in total. The lowest BCUT2D eigenvalue weighted by Crippen LogP contribution is -2.35. The van der Waals surface area contributed by atoms with E-state index in [9.17, 15) is 18.3 Å². The Morgan fingerprint density at radius 3 is 2.58 bits per heavy atom. The Kier molecular flexibility index (Phi) is 4.31. The number of ether oxygens (including phenoxy) is 1. The molecule has 0 atom stereocenters. The van der Waals surface area contributed by atoms with Crippen LogP contribution in [-0.4, -0.2) is 35.6 Å². The van der Waals surface area contributed by atoms with E-state index in [1.165, 1.54) is 12.1 Å². The van der Waals surface area contributed by atoms with Crippen molar-refractivity contribution in [3.63, 3.8) is 0 Å². The molecule has 1 heterocycles. The van der Waals surface area contributed by atoms with E-state index >= 15 is 0 Å². The van der Waals surface area contributed by atoms with E-state index in [0.29, 0.717) is 19.4 Å².